The van der Waals surface area contributed by atoms with Gasteiger partial charge in [-0.1, -0.05) is 17.7 Å². The number of aromatic nitrogens is 4. The van der Waals surface area contributed by atoms with E-state index >= 15 is 0 Å². The van der Waals surface area contributed by atoms with E-state index in [2.05, 4.69) is 19.7 Å². The number of hydrogen-bond acceptors (Lipinski definition) is 5. The summed E-state index contributed by atoms with van der Waals surface area (Å²) in [7, 11) is 0. The summed E-state index contributed by atoms with van der Waals surface area (Å²) in [5, 5.41) is 0.0799. The van der Waals surface area contributed by atoms with Crippen LogP contribution in [0.3, 0.4) is 0 Å². The second kappa shape index (κ2) is 5.02. The van der Waals surface area contributed by atoms with E-state index in [1.165, 1.54) is 29.1 Å². The Bertz CT molecular complexity index is 848. The van der Waals surface area contributed by atoms with Gasteiger partial charge in [-0.2, -0.15) is 4.98 Å². The molecule has 0 saturated heterocycles. The van der Waals surface area contributed by atoms with Crippen molar-refractivity contribution in [3.8, 4) is 11.4 Å². The molecule has 3 aromatic rings. The highest BCUT2D eigenvalue weighted by molar-refractivity contribution is 6.33. The Morgan fingerprint density at radius 1 is 1.23 bits per heavy atom. The number of fused-ring (bicyclic) bond motifs is 1. The van der Waals surface area contributed by atoms with Crippen molar-refractivity contribution in [1.82, 2.24) is 19.5 Å². The lowest BCUT2D eigenvalue weighted by Gasteiger charge is -2.11. The van der Waals surface area contributed by atoms with Crippen molar-refractivity contribution >= 4 is 28.7 Å². The highest BCUT2D eigenvalue weighted by Gasteiger charge is 2.31. The molecule has 0 unspecified atom stereocenters. The summed E-state index contributed by atoms with van der Waals surface area (Å²) < 4.78 is 42.1. The fourth-order valence-electron chi connectivity index (χ4n) is 1.98. The third kappa shape index (κ3) is 2.62. The molecular formula is C12H7ClF3N5O. The van der Waals surface area contributed by atoms with Gasteiger partial charge in [-0.05, 0) is 12.1 Å². The maximum atomic E-state index is 12.3. The lowest BCUT2D eigenvalue weighted by atomic mass is 10.3. The Hall–Kier alpha value is -2.55. The molecule has 0 amide bonds. The molecule has 2 aromatic heterocycles. The summed E-state index contributed by atoms with van der Waals surface area (Å²) in [5.41, 5.74) is 6.62. The standard InChI is InChI=1S/C12H7ClF3N5O/c13-9-8-10(19-5-18-9)20-11(17)21(8)6-2-1-3-7(4-6)22-12(14,15)16/h1-5H,(H2,17,18,19,20). The van der Waals surface area contributed by atoms with E-state index in [9.17, 15) is 13.2 Å². The van der Waals surface area contributed by atoms with Crippen LogP contribution in [0.2, 0.25) is 5.15 Å². The largest absolute Gasteiger partial charge is 0.573 e. The summed E-state index contributed by atoms with van der Waals surface area (Å²) in [6, 6.07) is 5.25. The number of nitrogen functional groups attached to an aromatic ring is 1. The summed E-state index contributed by atoms with van der Waals surface area (Å²) in [6.45, 7) is 0. The fourth-order valence-corrected chi connectivity index (χ4v) is 2.19. The second-order valence-corrected chi connectivity index (χ2v) is 4.55. The van der Waals surface area contributed by atoms with E-state index in [1.807, 2.05) is 0 Å². The summed E-state index contributed by atoms with van der Waals surface area (Å²) in [6.07, 6.45) is -3.58. The number of halogens is 4. The van der Waals surface area contributed by atoms with Crippen LogP contribution >= 0.6 is 11.6 Å². The zero-order chi connectivity index (χ0) is 15.9. The first-order chi connectivity index (χ1) is 10.3. The van der Waals surface area contributed by atoms with Crippen molar-refractivity contribution in [1.29, 1.82) is 0 Å². The van der Waals surface area contributed by atoms with E-state index in [4.69, 9.17) is 17.3 Å². The molecule has 0 saturated carbocycles. The SMILES string of the molecule is Nc1nc2ncnc(Cl)c2n1-c1cccc(OC(F)(F)F)c1. The number of imidazole rings is 1. The molecule has 10 heteroatoms. The lowest BCUT2D eigenvalue weighted by Crippen LogP contribution is -2.17. The van der Waals surface area contributed by atoms with Crippen LogP contribution in [0.25, 0.3) is 16.9 Å². The number of rotatable bonds is 2. The van der Waals surface area contributed by atoms with Crippen molar-refractivity contribution < 1.29 is 17.9 Å². The van der Waals surface area contributed by atoms with Crippen LogP contribution in [0, 0.1) is 0 Å². The van der Waals surface area contributed by atoms with Gasteiger partial charge in [0.1, 0.15) is 17.6 Å². The zero-order valence-electron chi connectivity index (χ0n) is 10.7. The molecule has 0 fully saturated rings. The lowest BCUT2D eigenvalue weighted by molar-refractivity contribution is -0.274. The van der Waals surface area contributed by atoms with Crippen molar-refractivity contribution in [3.05, 3.63) is 35.7 Å². The van der Waals surface area contributed by atoms with Crippen molar-refractivity contribution in [3.63, 3.8) is 0 Å². The number of anilines is 1. The topological polar surface area (TPSA) is 78.9 Å². The molecule has 0 spiro atoms. The highest BCUT2D eigenvalue weighted by Crippen LogP contribution is 2.29. The van der Waals surface area contributed by atoms with Crippen LogP contribution in [0.15, 0.2) is 30.6 Å². The fraction of sp³-hybridized carbons (Fsp3) is 0.0833. The van der Waals surface area contributed by atoms with Gasteiger partial charge in [0.05, 0.1) is 5.69 Å². The Labute approximate surface area is 126 Å². The van der Waals surface area contributed by atoms with Crippen LogP contribution in [0.1, 0.15) is 0 Å². The van der Waals surface area contributed by atoms with Crippen LogP contribution in [0.5, 0.6) is 5.75 Å². The number of nitrogens with zero attached hydrogens (tertiary/aromatic N) is 4. The number of benzene rings is 1. The van der Waals surface area contributed by atoms with Gasteiger partial charge in [0.2, 0.25) is 5.95 Å². The second-order valence-electron chi connectivity index (χ2n) is 4.19. The Morgan fingerprint density at radius 3 is 2.73 bits per heavy atom. The molecule has 22 heavy (non-hydrogen) atoms. The molecule has 1 aromatic carbocycles. The molecule has 0 aliphatic heterocycles. The van der Waals surface area contributed by atoms with Gasteiger partial charge in [0, 0.05) is 6.07 Å². The molecule has 2 N–H and O–H groups in total. The number of ether oxygens (including phenoxy) is 1. The van der Waals surface area contributed by atoms with Crippen molar-refractivity contribution in [2.24, 2.45) is 0 Å². The van der Waals surface area contributed by atoms with Crippen molar-refractivity contribution in [2.75, 3.05) is 5.73 Å². The third-order valence-electron chi connectivity index (χ3n) is 2.74. The van der Waals surface area contributed by atoms with Crippen LogP contribution in [0.4, 0.5) is 19.1 Å². The minimum atomic E-state index is -4.79. The maximum Gasteiger partial charge on any atom is 0.573 e. The molecule has 6 nitrogen and oxygen atoms in total. The van der Waals surface area contributed by atoms with E-state index in [0.29, 0.717) is 11.2 Å². The molecule has 2 heterocycles. The number of nitrogens with two attached hydrogens (primary N) is 1. The first kappa shape index (κ1) is 14.4. The van der Waals surface area contributed by atoms with Gasteiger partial charge >= 0.3 is 6.36 Å². The molecule has 0 aliphatic carbocycles. The quantitative estimate of drug-likeness (QED) is 0.731. The average molecular weight is 330 g/mol. The normalized spacial score (nSPS) is 11.8. The van der Waals surface area contributed by atoms with Gasteiger partial charge in [0.25, 0.3) is 0 Å². The van der Waals surface area contributed by atoms with E-state index in [0.717, 1.165) is 6.07 Å². The molecule has 0 bridgehead atoms. The van der Waals surface area contributed by atoms with E-state index in [1.54, 1.807) is 0 Å². The van der Waals surface area contributed by atoms with Gasteiger partial charge in [0.15, 0.2) is 10.8 Å². The molecular weight excluding hydrogens is 323 g/mol. The molecule has 0 radical (unpaired) electrons. The van der Waals surface area contributed by atoms with E-state index < -0.39 is 6.36 Å². The molecule has 0 aliphatic rings. The Morgan fingerprint density at radius 2 is 2.00 bits per heavy atom. The Balaban J connectivity index is 2.16. The maximum absolute atomic E-state index is 12.3. The summed E-state index contributed by atoms with van der Waals surface area (Å²) in [5.74, 6) is -0.374. The molecule has 3 rings (SSSR count). The predicted octanol–water partition coefficient (Wildman–Crippen LogP) is 2.95. The van der Waals surface area contributed by atoms with Gasteiger partial charge in [-0.3, -0.25) is 4.57 Å². The van der Waals surface area contributed by atoms with Crippen LogP contribution in [-0.2, 0) is 0 Å². The predicted molar refractivity (Wildman–Crippen MR) is 72.8 cm³/mol. The first-order valence-electron chi connectivity index (χ1n) is 5.86. The Kier molecular flexibility index (Phi) is 3.28. The zero-order valence-corrected chi connectivity index (χ0v) is 11.4. The average Bonchev–Trinajstić information content (AvgIpc) is 2.74. The van der Waals surface area contributed by atoms with Crippen molar-refractivity contribution in [2.45, 2.75) is 6.36 Å². The molecule has 0 atom stereocenters. The van der Waals surface area contributed by atoms with Crippen LogP contribution < -0.4 is 10.5 Å². The van der Waals surface area contributed by atoms with Gasteiger partial charge in [-0.15, -0.1) is 13.2 Å². The van der Waals surface area contributed by atoms with Crippen LogP contribution in [-0.4, -0.2) is 25.9 Å². The summed E-state index contributed by atoms with van der Waals surface area (Å²) in [4.78, 5) is 11.7. The third-order valence-corrected chi connectivity index (χ3v) is 3.02. The van der Waals surface area contributed by atoms with Gasteiger partial charge in [-0.25, -0.2) is 9.97 Å². The number of hydrogen-bond donors (Lipinski definition) is 1. The first-order valence-corrected chi connectivity index (χ1v) is 6.23. The molecule has 114 valence electrons. The van der Waals surface area contributed by atoms with Gasteiger partial charge < -0.3 is 10.5 Å². The van der Waals surface area contributed by atoms with E-state index in [-0.39, 0.29) is 22.5 Å². The minimum absolute atomic E-state index is 0.0153. The minimum Gasteiger partial charge on any atom is -0.406 e. The smallest absolute Gasteiger partial charge is 0.406 e. The highest BCUT2D eigenvalue weighted by atomic mass is 35.5. The number of alkyl halides is 3. The summed E-state index contributed by atoms with van der Waals surface area (Å²) >= 11 is 5.99. The monoisotopic (exact) mass is 329 g/mol.